The lowest BCUT2D eigenvalue weighted by molar-refractivity contribution is -0.136. The van der Waals surface area contributed by atoms with Crippen LogP contribution in [-0.4, -0.2) is 40.5 Å². The maximum atomic E-state index is 12.2. The molecule has 0 atom stereocenters. The largest absolute Gasteiger partial charge is 0.481 e. The average Bonchev–Trinajstić information content (AvgIpc) is 2.55. The van der Waals surface area contributed by atoms with Gasteiger partial charge in [-0.15, -0.1) is 0 Å². The molecule has 0 bridgehead atoms. The monoisotopic (exact) mass is 331 g/mol. The summed E-state index contributed by atoms with van der Waals surface area (Å²) in [6.45, 7) is 0.559. The summed E-state index contributed by atoms with van der Waals surface area (Å²) in [6.07, 6.45) is -0.0831. The second-order valence-electron chi connectivity index (χ2n) is 4.99. The van der Waals surface area contributed by atoms with Gasteiger partial charge in [0.15, 0.2) is 0 Å². The van der Waals surface area contributed by atoms with Crippen LogP contribution in [0.4, 0.5) is 5.69 Å². The van der Waals surface area contributed by atoms with Gasteiger partial charge in [0, 0.05) is 18.9 Å². The Morgan fingerprint density at radius 2 is 1.92 bits per heavy atom. The van der Waals surface area contributed by atoms with Gasteiger partial charge in [-0.25, -0.2) is 4.68 Å². The van der Waals surface area contributed by atoms with E-state index in [0.29, 0.717) is 17.9 Å². The number of carboxylic acid groups (broad SMARTS) is 1. The van der Waals surface area contributed by atoms with Crippen molar-refractivity contribution in [1.82, 2.24) is 9.78 Å². The summed E-state index contributed by atoms with van der Waals surface area (Å²) in [6, 6.07) is 9.08. The number of aromatic nitrogens is 2. The highest BCUT2D eigenvalue weighted by atomic mass is 16.5. The number of hydrogen-bond acceptors (Lipinski definition) is 5. The topological polar surface area (TPSA) is 111 Å². The molecule has 0 saturated carbocycles. The number of ether oxygens (including phenoxy) is 1. The van der Waals surface area contributed by atoms with Gasteiger partial charge >= 0.3 is 5.97 Å². The predicted molar refractivity (Wildman–Crippen MR) is 86.1 cm³/mol. The van der Waals surface area contributed by atoms with Gasteiger partial charge in [-0.2, -0.15) is 5.10 Å². The first-order chi connectivity index (χ1) is 11.5. The Labute approximate surface area is 137 Å². The van der Waals surface area contributed by atoms with Gasteiger partial charge in [0.05, 0.1) is 19.6 Å². The molecule has 8 heteroatoms. The minimum absolute atomic E-state index is 0.0831. The summed E-state index contributed by atoms with van der Waals surface area (Å²) in [4.78, 5) is 34.5. The van der Waals surface area contributed by atoms with Crippen molar-refractivity contribution in [3.63, 3.8) is 0 Å². The lowest BCUT2D eigenvalue weighted by Crippen LogP contribution is -2.27. The lowest BCUT2D eigenvalue weighted by atomic mass is 10.1. The zero-order valence-electron chi connectivity index (χ0n) is 13.1. The number of rotatable bonds is 7. The summed E-state index contributed by atoms with van der Waals surface area (Å²) in [5, 5.41) is 15.4. The van der Waals surface area contributed by atoms with Crippen LogP contribution in [0.5, 0.6) is 0 Å². The third-order valence-electron chi connectivity index (χ3n) is 3.17. The van der Waals surface area contributed by atoms with E-state index in [1.165, 1.54) is 19.2 Å². The Hall–Kier alpha value is -3.00. The molecule has 1 aromatic heterocycles. The normalized spacial score (nSPS) is 10.4. The van der Waals surface area contributed by atoms with Crippen LogP contribution in [0.15, 0.2) is 41.2 Å². The first-order valence-corrected chi connectivity index (χ1v) is 7.19. The first kappa shape index (κ1) is 17.4. The maximum absolute atomic E-state index is 12.2. The predicted octanol–water partition coefficient (Wildman–Crippen LogP) is 0.769. The minimum Gasteiger partial charge on any atom is -0.481 e. The number of methoxy groups -OCH3 is 1. The van der Waals surface area contributed by atoms with Gasteiger partial charge in [0.2, 0.25) is 0 Å². The third-order valence-corrected chi connectivity index (χ3v) is 3.17. The molecular weight excluding hydrogens is 314 g/mol. The molecule has 8 nitrogen and oxygen atoms in total. The molecule has 2 aromatic rings. The molecule has 1 heterocycles. The molecular formula is C16H17N3O5. The number of hydrogen-bond donors (Lipinski definition) is 2. The van der Waals surface area contributed by atoms with Crippen LogP contribution in [0.25, 0.3) is 0 Å². The summed E-state index contributed by atoms with van der Waals surface area (Å²) < 4.78 is 6.05. The number of carbonyl (C=O) groups excluding carboxylic acids is 1. The number of carbonyl (C=O) groups is 2. The molecule has 0 unspecified atom stereocenters. The van der Waals surface area contributed by atoms with E-state index in [0.717, 1.165) is 4.68 Å². The fraction of sp³-hybridized carbons (Fsp3) is 0.250. The van der Waals surface area contributed by atoms with E-state index in [1.54, 1.807) is 24.3 Å². The van der Waals surface area contributed by atoms with Crippen molar-refractivity contribution >= 4 is 17.6 Å². The molecule has 1 aromatic carbocycles. The maximum Gasteiger partial charge on any atom is 0.307 e. The number of nitrogens with one attached hydrogen (secondary N) is 1. The van der Waals surface area contributed by atoms with Crippen molar-refractivity contribution in [2.75, 3.05) is 19.0 Å². The standard InChI is InChI=1S/C16H17N3O5/c1-24-9-8-19-14(20)7-6-13(18-19)16(23)17-12-4-2-11(3-5-12)10-15(21)22/h2-7H,8-10H2,1H3,(H,17,23)(H,21,22). The molecule has 1 amide bonds. The highest BCUT2D eigenvalue weighted by Gasteiger charge is 2.10. The average molecular weight is 331 g/mol. The molecule has 0 radical (unpaired) electrons. The summed E-state index contributed by atoms with van der Waals surface area (Å²) in [5.74, 6) is -1.39. The smallest absolute Gasteiger partial charge is 0.307 e. The van der Waals surface area contributed by atoms with E-state index in [-0.39, 0.29) is 24.2 Å². The van der Waals surface area contributed by atoms with Crippen LogP contribution in [0.3, 0.4) is 0 Å². The van der Waals surface area contributed by atoms with Gasteiger partial charge in [-0.1, -0.05) is 12.1 Å². The van der Waals surface area contributed by atoms with Crippen molar-refractivity contribution in [3.8, 4) is 0 Å². The van der Waals surface area contributed by atoms with Crippen molar-refractivity contribution in [2.24, 2.45) is 0 Å². The van der Waals surface area contributed by atoms with Gasteiger partial charge < -0.3 is 15.2 Å². The number of amides is 1. The molecule has 2 rings (SSSR count). The van der Waals surface area contributed by atoms with Crippen molar-refractivity contribution < 1.29 is 19.4 Å². The summed E-state index contributed by atoms with van der Waals surface area (Å²) in [5.41, 5.74) is 0.916. The zero-order valence-corrected chi connectivity index (χ0v) is 13.1. The molecule has 0 aliphatic rings. The Kier molecular flexibility index (Phi) is 5.80. The van der Waals surface area contributed by atoms with Gasteiger partial charge in [-0.05, 0) is 23.8 Å². The summed E-state index contributed by atoms with van der Waals surface area (Å²) in [7, 11) is 1.51. The van der Waals surface area contributed by atoms with E-state index < -0.39 is 11.9 Å². The fourth-order valence-electron chi connectivity index (χ4n) is 1.98. The van der Waals surface area contributed by atoms with Crippen molar-refractivity contribution in [3.05, 3.63) is 58.0 Å². The fourth-order valence-corrected chi connectivity index (χ4v) is 1.98. The van der Waals surface area contributed by atoms with E-state index >= 15 is 0 Å². The number of benzene rings is 1. The number of aliphatic carboxylic acids is 1. The highest BCUT2D eigenvalue weighted by Crippen LogP contribution is 2.11. The number of carboxylic acids is 1. The number of nitrogens with zero attached hydrogens (tertiary/aromatic N) is 2. The molecule has 126 valence electrons. The van der Waals surface area contributed by atoms with E-state index in [9.17, 15) is 14.4 Å². The minimum atomic E-state index is -0.922. The van der Waals surface area contributed by atoms with Gasteiger partial charge in [0.25, 0.3) is 11.5 Å². The quantitative estimate of drug-likeness (QED) is 0.775. The lowest BCUT2D eigenvalue weighted by Gasteiger charge is -2.08. The molecule has 2 N–H and O–H groups in total. The van der Waals surface area contributed by atoms with Crippen LogP contribution in [0.1, 0.15) is 16.1 Å². The molecule has 0 aliphatic carbocycles. The van der Waals surface area contributed by atoms with Crippen LogP contribution in [0.2, 0.25) is 0 Å². The molecule has 0 fully saturated rings. The summed E-state index contributed by atoms with van der Waals surface area (Å²) >= 11 is 0. The van der Waals surface area contributed by atoms with E-state index in [4.69, 9.17) is 9.84 Å². The molecule has 24 heavy (non-hydrogen) atoms. The van der Waals surface area contributed by atoms with Crippen LogP contribution >= 0.6 is 0 Å². The molecule has 0 saturated heterocycles. The van der Waals surface area contributed by atoms with E-state index in [2.05, 4.69) is 10.4 Å². The van der Waals surface area contributed by atoms with Crippen molar-refractivity contribution in [1.29, 1.82) is 0 Å². The Morgan fingerprint density at radius 3 is 2.54 bits per heavy atom. The second kappa shape index (κ2) is 8.02. The highest BCUT2D eigenvalue weighted by molar-refractivity contribution is 6.02. The molecule has 0 aliphatic heterocycles. The van der Waals surface area contributed by atoms with Crippen LogP contribution in [-0.2, 0) is 22.5 Å². The van der Waals surface area contributed by atoms with Crippen molar-refractivity contribution in [2.45, 2.75) is 13.0 Å². The van der Waals surface area contributed by atoms with Gasteiger partial charge in [-0.3, -0.25) is 14.4 Å². The SMILES string of the molecule is COCCn1nc(C(=O)Nc2ccc(CC(=O)O)cc2)ccc1=O. The second-order valence-corrected chi connectivity index (χ2v) is 4.99. The van der Waals surface area contributed by atoms with E-state index in [1.807, 2.05) is 0 Å². The first-order valence-electron chi connectivity index (χ1n) is 7.19. The van der Waals surface area contributed by atoms with Crippen LogP contribution in [0, 0.1) is 0 Å². The van der Waals surface area contributed by atoms with Gasteiger partial charge in [0.1, 0.15) is 5.69 Å². The Morgan fingerprint density at radius 1 is 1.21 bits per heavy atom. The molecule has 0 spiro atoms. The Bertz CT molecular complexity index is 783. The van der Waals surface area contributed by atoms with Crippen LogP contribution < -0.4 is 10.9 Å². The zero-order chi connectivity index (χ0) is 17.5. The Balaban J connectivity index is 2.09. The third kappa shape index (κ3) is 4.75. The number of anilines is 1.